The van der Waals surface area contributed by atoms with Gasteiger partial charge in [0.1, 0.15) is 0 Å². The van der Waals surface area contributed by atoms with Crippen LogP contribution in [0.3, 0.4) is 0 Å². The first-order valence-electron chi connectivity index (χ1n) is 8.15. The number of unbranched alkanes of at least 4 members (excludes halogenated alkanes) is 1. The number of fused-ring (bicyclic) bond motifs is 1. The van der Waals surface area contributed by atoms with Crippen molar-refractivity contribution in [2.24, 2.45) is 4.99 Å². The Kier molecular flexibility index (Phi) is 5.81. The molecule has 0 aliphatic carbocycles. The number of hydrogen-bond acceptors (Lipinski definition) is 3. The zero-order valence-electron chi connectivity index (χ0n) is 13.7. The van der Waals surface area contributed by atoms with Crippen molar-refractivity contribution in [1.29, 1.82) is 0 Å². The average molecular weight is 350 g/mol. The van der Waals surface area contributed by atoms with Crippen molar-refractivity contribution in [2.45, 2.75) is 24.7 Å². The van der Waals surface area contributed by atoms with E-state index in [0.29, 0.717) is 0 Å². The SMILES string of the molecule is CCCCSc1ccc(-c2ccc3cc(N=C=S)ccc3c2)cc1. The number of benzene rings is 3. The number of thioether (sulfide) groups is 1. The number of isothiocyanates is 1. The van der Waals surface area contributed by atoms with E-state index in [-0.39, 0.29) is 0 Å². The fourth-order valence-corrected chi connectivity index (χ4v) is 3.72. The minimum atomic E-state index is 0.846. The summed E-state index contributed by atoms with van der Waals surface area (Å²) in [4.78, 5) is 5.38. The molecule has 0 bridgehead atoms. The van der Waals surface area contributed by atoms with Crippen molar-refractivity contribution in [3.05, 3.63) is 60.7 Å². The van der Waals surface area contributed by atoms with Crippen molar-refractivity contribution in [3.8, 4) is 11.1 Å². The van der Waals surface area contributed by atoms with E-state index >= 15 is 0 Å². The topological polar surface area (TPSA) is 12.4 Å². The molecule has 0 saturated carbocycles. The predicted molar refractivity (Wildman–Crippen MR) is 110 cm³/mol. The quantitative estimate of drug-likeness (QED) is 0.203. The Morgan fingerprint density at radius 1 is 0.917 bits per heavy atom. The smallest absolute Gasteiger partial charge is 0.0745 e. The summed E-state index contributed by atoms with van der Waals surface area (Å²) in [7, 11) is 0. The summed E-state index contributed by atoms with van der Waals surface area (Å²) in [5.41, 5.74) is 3.33. The molecule has 0 unspecified atom stereocenters. The molecule has 0 spiro atoms. The van der Waals surface area contributed by atoms with Gasteiger partial charge in [-0.2, -0.15) is 4.99 Å². The highest BCUT2D eigenvalue weighted by atomic mass is 32.2. The van der Waals surface area contributed by atoms with Crippen molar-refractivity contribution in [2.75, 3.05) is 5.75 Å². The Morgan fingerprint density at radius 2 is 1.62 bits per heavy atom. The van der Waals surface area contributed by atoms with Crippen LogP contribution in [0.4, 0.5) is 5.69 Å². The molecular weight excluding hydrogens is 330 g/mol. The van der Waals surface area contributed by atoms with Gasteiger partial charge in [0.05, 0.1) is 10.8 Å². The molecule has 0 heterocycles. The standard InChI is InChI=1S/C21H19NS2/c1-2-3-12-24-21-10-7-16(8-11-21)17-4-5-19-14-20(22-15-23)9-6-18(19)13-17/h4-11,13-14H,2-3,12H2,1H3. The molecule has 0 atom stereocenters. The van der Waals surface area contributed by atoms with Gasteiger partial charge in [-0.1, -0.05) is 43.7 Å². The Hall–Kier alpha value is -1.93. The number of hydrogen-bond donors (Lipinski definition) is 0. The van der Waals surface area contributed by atoms with E-state index in [1.165, 1.54) is 40.0 Å². The fourth-order valence-electron chi connectivity index (χ4n) is 2.61. The summed E-state index contributed by atoms with van der Waals surface area (Å²) in [6.07, 6.45) is 2.52. The van der Waals surface area contributed by atoms with E-state index in [1.54, 1.807) is 0 Å². The van der Waals surface area contributed by atoms with Crippen LogP contribution in [0.5, 0.6) is 0 Å². The van der Waals surface area contributed by atoms with Gasteiger partial charge in [0.15, 0.2) is 0 Å². The Bertz CT molecular complexity index is 878. The second-order valence-corrected chi connectivity index (χ2v) is 7.03. The van der Waals surface area contributed by atoms with Crippen molar-refractivity contribution < 1.29 is 0 Å². The van der Waals surface area contributed by atoms with E-state index in [0.717, 1.165) is 11.1 Å². The molecule has 0 fully saturated rings. The highest BCUT2D eigenvalue weighted by Gasteiger charge is 2.02. The lowest BCUT2D eigenvalue weighted by Crippen LogP contribution is -1.81. The van der Waals surface area contributed by atoms with E-state index in [4.69, 9.17) is 0 Å². The highest BCUT2D eigenvalue weighted by Crippen LogP contribution is 2.29. The molecule has 0 radical (unpaired) electrons. The van der Waals surface area contributed by atoms with Gasteiger partial charge in [0.25, 0.3) is 0 Å². The van der Waals surface area contributed by atoms with Gasteiger partial charge in [0.2, 0.25) is 0 Å². The average Bonchev–Trinajstić information content (AvgIpc) is 2.62. The zero-order chi connectivity index (χ0) is 16.8. The summed E-state index contributed by atoms with van der Waals surface area (Å²) >= 11 is 6.60. The molecule has 3 heteroatoms. The van der Waals surface area contributed by atoms with Gasteiger partial charge in [0, 0.05) is 4.90 Å². The van der Waals surface area contributed by atoms with Crippen molar-refractivity contribution in [1.82, 2.24) is 0 Å². The maximum Gasteiger partial charge on any atom is 0.0745 e. The Morgan fingerprint density at radius 3 is 2.38 bits per heavy atom. The van der Waals surface area contributed by atoms with Crippen LogP contribution >= 0.6 is 24.0 Å². The maximum absolute atomic E-state index is 4.67. The second-order valence-electron chi connectivity index (χ2n) is 5.68. The van der Waals surface area contributed by atoms with Gasteiger partial charge in [-0.05, 0) is 76.6 Å². The summed E-state index contributed by atoms with van der Waals surface area (Å²) in [5, 5.41) is 4.79. The minimum Gasteiger partial charge on any atom is -0.195 e. The largest absolute Gasteiger partial charge is 0.195 e. The van der Waals surface area contributed by atoms with Crippen LogP contribution in [0, 0.1) is 0 Å². The van der Waals surface area contributed by atoms with Crippen LogP contribution in [-0.2, 0) is 0 Å². The highest BCUT2D eigenvalue weighted by molar-refractivity contribution is 7.99. The zero-order valence-corrected chi connectivity index (χ0v) is 15.3. The molecule has 0 aliphatic rings. The van der Waals surface area contributed by atoms with E-state index < -0.39 is 0 Å². The first-order valence-corrected chi connectivity index (χ1v) is 9.54. The lowest BCUT2D eigenvalue weighted by molar-refractivity contribution is 0.896. The second kappa shape index (κ2) is 8.25. The molecule has 3 aromatic rings. The molecule has 0 N–H and O–H groups in total. The molecule has 0 saturated heterocycles. The molecule has 3 rings (SSSR count). The van der Waals surface area contributed by atoms with Crippen LogP contribution in [0.25, 0.3) is 21.9 Å². The van der Waals surface area contributed by atoms with Gasteiger partial charge in [-0.15, -0.1) is 11.8 Å². The van der Waals surface area contributed by atoms with E-state index in [9.17, 15) is 0 Å². The summed E-state index contributed by atoms with van der Waals surface area (Å²) < 4.78 is 0. The summed E-state index contributed by atoms with van der Waals surface area (Å²) in [6, 6.07) is 21.5. The number of thiocarbonyl (C=S) groups is 1. The molecule has 0 aromatic heterocycles. The lowest BCUT2D eigenvalue weighted by atomic mass is 10.0. The van der Waals surface area contributed by atoms with Gasteiger partial charge in [-0.3, -0.25) is 0 Å². The molecule has 120 valence electrons. The monoisotopic (exact) mass is 349 g/mol. The third kappa shape index (κ3) is 4.12. The summed E-state index contributed by atoms with van der Waals surface area (Å²) in [5.74, 6) is 1.19. The van der Waals surface area contributed by atoms with Crippen molar-refractivity contribution >= 4 is 45.6 Å². The number of aliphatic imine (C=N–C) groups is 1. The summed E-state index contributed by atoms with van der Waals surface area (Å²) in [6.45, 7) is 2.23. The minimum absolute atomic E-state index is 0.846. The van der Waals surface area contributed by atoms with E-state index in [1.807, 2.05) is 23.9 Å². The van der Waals surface area contributed by atoms with Crippen LogP contribution in [0.1, 0.15) is 19.8 Å². The molecular formula is C21H19NS2. The number of nitrogens with zero attached hydrogens (tertiary/aromatic N) is 1. The van der Waals surface area contributed by atoms with Gasteiger partial charge >= 0.3 is 0 Å². The van der Waals surface area contributed by atoms with Crippen LogP contribution < -0.4 is 0 Å². The normalized spacial score (nSPS) is 10.5. The van der Waals surface area contributed by atoms with Gasteiger partial charge < -0.3 is 0 Å². The molecule has 0 amide bonds. The first-order chi connectivity index (χ1) is 11.8. The van der Waals surface area contributed by atoms with Crippen LogP contribution in [0.15, 0.2) is 70.6 Å². The Balaban J connectivity index is 1.83. The van der Waals surface area contributed by atoms with Gasteiger partial charge in [-0.25, -0.2) is 0 Å². The lowest BCUT2D eigenvalue weighted by Gasteiger charge is -2.06. The molecule has 1 nitrogen and oxygen atoms in total. The van der Waals surface area contributed by atoms with Crippen LogP contribution in [0.2, 0.25) is 0 Å². The molecule has 24 heavy (non-hydrogen) atoms. The molecule has 0 aliphatic heterocycles. The Labute approximate surface area is 152 Å². The number of rotatable bonds is 6. The third-order valence-electron chi connectivity index (χ3n) is 3.95. The van der Waals surface area contributed by atoms with E-state index in [2.05, 4.69) is 77.8 Å². The van der Waals surface area contributed by atoms with Crippen LogP contribution in [-0.4, -0.2) is 10.9 Å². The maximum atomic E-state index is 4.67. The predicted octanol–water partition coefficient (Wildman–Crippen LogP) is 7.13. The third-order valence-corrected chi connectivity index (χ3v) is 5.14. The molecule has 3 aromatic carbocycles. The van der Waals surface area contributed by atoms with Crippen molar-refractivity contribution in [3.63, 3.8) is 0 Å². The fraction of sp³-hybridized carbons (Fsp3) is 0.190. The first kappa shape index (κ1) is 16.9.